The van der Waals surface area contributed by atoms with Crippen molar-refractivity contribution in [3.8, 4) is 0 Å². The van der Waals surface area contributed by atoms with Gasteiger partial charge in [0.25, 0.3) is 0 Å². The molecule has 3 nitrogen and oxygen atoms in total. The smallest absolute Gasteiger partial charge is 0.223 e. The van der Waals surface area contributed by atoms with Crippen LogP contribution in [0, 0.1) is 11.7 Å². The fourth-order valence-corrected chi connectivity index (χ4v) is 3.65. The van der Waals surface area contributed by atoms with Crippen molar-refractivity contribution in [1.29, 1.82) is 0 Å². The molecule has 2 aromatic rings. The van der Waals surface area contributed by atoms with Gasteiger partial charge < -0.3 is 5.32 Å². The molecule has 138 valence electrons. The Bertz CT molecular complexity index is 734. The first-order valence-corrected chi connectivity index (χ1v) is 9.36. The molecular formula is C22H27FN2O. The van der Waals surface area contributed by atoms with Crippen LogP contribution < -0.4 is 5.32 Å². The van der Waals surface area contributed by atoms with Crippen molar-refractivity contribution in [3.63, 3.8) is 0 Å². The predicted molar refractivity (Wildman–Crippen MR) is 102 cm³/mol. The van der Waals surface area contributed by atoms with E-state index in [1.807, 2.05) is 19.1 Å². The first-order valence-electron chi connectivity index (χ1n) is 9.36. The second-order valence-corrected chi connectivity index (χ2v) is 7.31. The maximum absolute atomic E-state index is 13.3. The van der Waals surface area contributed by atoms with E-state index in [4.69, 9.17) is 0 Å². The highest BCUT2D eigenvalue weighted by atomic mass is 19.1. The van der Waals surface area contributed by atoms with Crippen molar-refractivity contribution >= 4 is 5.91 Å². The summed E-state index contributed by atoms with van der Waals surface area (Å²) in [5, 5.41) is 3.18. The Kier molecular flexibility index (Phi) is 6.04. The molecule has 1 fully saturated rings. The number of amides is 1. The van der Waals surface area contributed by atoms with Gasteiger partial charge in [0.15, 0.2) is 0 Å². The van der Waals surface area contributed by atoms with E-state index in [-0.39, 0.29) is 23.7 Å². The van der Waals surface area contributed by atoms with Gasteiger partial charge in [0.2, 0.25) is 5.91 Å². The summed E-state index contributed by atoms with van der Waals surface area (Å²) in [6.07, 6.45) is 1.52. The zero-order valence-electron chi connectivity index (χ0n) is 15.5. The second-order valence-electron chi connectivity index (χ2n) is 7.31. The van der Waals surface area contributed by atoms with Gasteiger partial charge in [0.05, 0.1) is 0 Å². The number of nitrogens with zero attached hydrogens (tertiary/aromatic N) is 1. The van der Waals surface area contributed by atoms with Crippen LogP contribution in [0.5, 0.6) is 0 Å². The molecule has 4 heteroatoms. The highest BCUT2D eigenvalue weighted by Crippen LogP contribution is 2.24. The molecule has 0 saturated carbocycles. The molecule has 1 amide bonds. The number of rotatable bonds is 6. The molecule has 0 aliphatic carbocycles. The van der Waals surface area contributed by atoms with Gasteiger partial charge in [0, 0.05) is 31.1 Å². The summed E-state index contributed by atoms with van der Waals surface area (Å²) in [5.74, 6) is -0.373. The number of likely N-dealkylation sites (tertiary alicyclic amines) is 1. The molecule has 0 spiro atoms. The number of hydrogen-bond donors (Lipinski definition) is 1. The Balaban J connectivity index is 1.51. The molecule has 1 aliphatic heterocycles. The highest BCUT2D eigenvalue weighted by molar-refractivity contribution is 5.79. The minimum atomic E-state index is -0.253. The predicted octanol–water partition coefficient (Wildman–Crippen LogP) is 3.96. The number of nitrogens with one attached hydrogen (secondary N) is 1. The average molecular weight is 354 g/mol. The molecule has 0 radical (unpaired) electrons. The lowest BCUT2D eigenvalue weighted by molar-refractivity contribution is -0.125. The molecular weight excluding hydrogens is 327 g/mol. The largest absolute Gasteiger partial charge is 0.352 e. The summed E-state index contributed by atoms with van der Waals surface area (Å²) in [7, 11) is 0. The van der Waals surface area contributed by atoms with Crippen molar-refractivity contribution in [2.75, 3.05) is 13.1 Å². The average Bonchev–Trinajstić information content (AvgIpc) is 3.10. The van der Waals surface area contributed by atoms with Crippen molar-refractivity contribution in [3.05, 3.63) is 71.5 Å². The maximum atomic E-state index is 13.3. The van der Waals surface area contributed by atoms with Crippen LogP contribution in [0.4, 0.5) is 4.39 Å². The number of benzene rings is 2. The SMILES string of the molecule is CC(Cc1cccc(F)c1)C(=O)NC1CCN(C(C)c2ccccc2)C1. The summed E-state index contributed by atoms with van der Waals surface area (Å²) in [6.45, 7) is 5.97. The molecule has 2 aromatic carbocycles. The zero-order valence-corrected chi connectivity index (χ0v) is 15.5. The van der Waals surface area contributed by atoms with Gasteiger partial charge >= 0.3 is 0 Å². The maximum Gasteiger partial charge on any atom is 0.223 e. The molecule has 1 saturated heterocycles. The van der Waals surface area contributed by atoms with Gasteiger partial charge in [-0.15, -0.1) is 0 Å². The summed E-state index contributed by atoms with van der Waals surface area (Å²) < 4.78 is 13.3. The fourth-order valence-electron chi connectivity index (χ4n) is 3.65. The number of carbonyl (C=O) groups excluding carboxylic acids is 1. The van der Waals surface area contributed by atoms with Gasteiger partial charge in [-0.3, -0.25) is 9.69 Å². The van der Waals surface area contributed by atoms with Crippen molar-refractivity contribution in [2.45, 2.75) is 38.8 Å². The lowest BCUT2D eigenvalue weighted by atomic mass is 10.00. The topological polar surface area (TPSA) is 32.3 Å². The minimum absolute atomic E-state index is 0.0495. The summed E-state index contributed by atoms with van der Waals surface area (Å²) in [6, 6.07) is 17.5. The van der Waals surface area contributed by atoms with Crippen LogP contribution in [0.1, 0.15) is 37.4 Å². The minimum Gasteiger partial charge on any atom is -0.352 e. The molecule has 1 aliphatic rings. The van der Waals surface area contributed by atoms with Crippen molar-refractivity contribution in [1.82, 2.24) is 10.2 Å². The fraction of sp³-hybridized carbons (Fsp3) is 0.409. The lowest BCUT2D eigenvalue weighted by Gasteiger charge is -2.25. The standard InChI is InChI=1S/C22H27FN2O/c1-16(13-18-7-6-10-20(23)14-18)22(26)24-21-11-12-25(15-21)17(2)19-8-4-3-5-9-19/h3-10,14,16-17,21H,11-13,15H2,1-2H3,(H,24,26). The number of halogens is 1. The number of carbonyl (C=O) groups is 1. The molecule has 3 rings (SSSR count). The van der Waals surface area contributed by atoms with E-state index in [1.165, 1.54) is 17.7 Å². The Labute approximate surface area is 155 Å². The third-order valence-electron chi connectivity index (χ3n) is 5.27. The first kappa shape index (κ1) is 18.6. The van der Waals surface area contributed by atoms with E-state index < -0.39 is 0 Å². The van der Waals surface area contributed by atoms with E-state index >= 15 is 0 Å². The quantitative estimate of drug-likeness (QED) is 0.852. The molecule has 1 N–H and O–H groups in total. The Morgan fingerprint density at radius 3 is 2.69 bits per heavy atom. The molecule has 0 bridgehead atoms. The summed E-state index contributed by atoms with van der Waals surface area (Å²) >= 11 is 0. The van der Waals surface area contributed by atoms with E-state index in [9.17, 15) is 9.18 Å². The van der Waals surface area contributed by atoms with Gasteiger partial charge in [0.1, 0.15) is 5.82 Å². The Morgan fingerprint density at radius 1 is 1.19 bits per heavy atom. The van der Waals surface area contributed by atoms with Crippen LogP contribution in [0.15, 0.2) is 54.6 Å². The Morgan fingerprint density at radius 2 is 1.96 bits per heavy atom. The Hall–Kier alpha value is -2.20. The van der Waals surface area contributed by atoms with Crippen LogP contribution in [-0.2, 0) is 11.2 Å². The molecule has 26 heavy (non-hydrogen) atoms. The zero-order chi connectivity index (χ0) is 18.5. The molecule has 0 aromatic heterocycles. The van der Waals surface area contributed by atoms with Crippen LogP contribution in [-0.4, -0.2) is 29.9 Å². The number of hydrogen-bond acceptors (Lipinski definition) is 2. The lowest BCUT2D eigenvalue weighted by Crippen LogP contribution is -2.40. The third kappa shape index (κ3) is 4.70. The van der Waals surface area contributed by atoms with Crippen molar-refractivity contribution in [2.24, 2.45) is 5.92 Å². The van der Waals surface area contributed by atoms with E-state index in [0.29, 0.717) is 12.5 Å². The molecule has 3 atom stereocenters. The van der Waals surface area contributed by atoms with Gasteiger partial charge in [-0.05, 0) is 43.0 Å². The van der Waals surface area contributed by atoms with Gasteiger partial charge in [-0.2, -0.15) is 0 Å². The van der Waals surface area contributed by atoms with Gasteiger partial charge in [-0.1, -0.05) is 49.4 Å². The van der Waals surface area contributed by atoms with E-state index in [2.05, 4.69) is 41.4 Å². The second kappa shape index (κ2) is 8.45. The highest BCUT2D eigenvalue weighted by Gasteiger charge is 2.28. The first-order chi connectivity index (χ1) is 12.5. The monoisotopic (exact) mass is 354 g/mol. The van der Waals surface area contributed by atoms with E-state index in [0.717, 1.165) is 25.1 Å². The normalized spacial score (nSPS) is 19.9. The third-order valence-corrected chi connectivity index (χ3v) is 5.27. The van der Waals surface area contributed by atoms with Crippen LogP contribution in [0.2, 0.25) is 0 Å². The van der Waals surface area contributed by atoms with Gasteiger partial charge in [-0.25, -0.2) is 4.39 Å². The van der Waals surface area contributed by atoms with Crippen molar-refractivity contribution < 1.29 is 9.18 Å². The molecule has 3 unspecified atom stereocenters. The summed E-state index contributed by atoms with van der Waals surface area (Å²) in [5.41, 5.74) is 2.16. The van der Waals surface area contributed by atoms with Crippen LogP contribution >= 0.6 is 0 Å². The van der Waals surface area contributed by atoms with Crippen LogP contribution in [0.25, 0.3) is 0 Å². The summed E-state index contributed by atoms with van der Waals surface area (Å²) in [4.78, 5) is 14.9. The van der Waals surface area contributed by atoms with E-state index in [1.54, 1.807) is 6.07 Å². The van der Waals surface area contributed by atoms with Crippen LogP contribution in [0.3, 0.4) is 0 Å². The molecule has 1 heterocycles.